The summed E-state index contributed by atoms with van der Waals surface area (Å²) in [5.74, 6) is 1.68. The van der Waals surface area contributed by atoms with Crippen LogP contribution in [0.15, 0.2) is 18.2 Å². The van der Waals surface area contributed by atoms with Crippen LogP contribution in [0.25, 0.3) is 0 Å². The Bertz CT molecular complexity index is 396. The Morgan fingerprint density at radius 1 is 1.18 bits per heavy atom. The smallest absolute Gasteiger partial charge is 0.251 e. The molecule has 92 valence electrons. The summed E-state index contributed by atoms with van der Waals surface area (Å²) in [6.07, 6.45) is 1.95. The molecule has 1 heterocycles. The zero-order valence-electron chi connectivity index (χ0n) is 9.35. The van der Waals surface area contributed by atoms with Crippen LogP contribution in [0.4, 0.5) is 0 Å². The Kier molecular flexibility index (Phi) is 3.78. The van der Waals surface area contributed by atoms with Crippen molar-refractivity contribution in [2.45, 2.75) is 18.9 Å². The fraction of sp³-hybridized carbons (Fsp3) is 0.417. The Morgan fingerprint density at radius 3 is 2.35 bits per heavy atom. The number of hydrogen-bond acceptors (Lipinski definition) is 4. The first-order chi connectivity index (χ1) is 8.15. The van der Waals surface area contributed by atoms with E-state index < -0.39 is 0 Å². The normalized spacial score (nSPS) is 16.7. The summed E-state index contributed by atoms with van der Waals surface area (Å²) >= 11 is 1.90. The number of thioether (sulfide) groups is 1. The second-order valence-electron chi connectivity index (χ2n) is 4.10. The van der Waals surface area contributed by atoms with Crippen LogP contribution in [0.1, 0.15) is 23.2 Å². The molecule has 1 saturated heterocycles. The molecule has 5 heteroatoms. The first kappa shape index (κ1) is 12.1. The topological polar surface area (TPSA) is 69.6 Å². The molecule has 1 fully saturated rings. The largest absolute Gasteiger partial charge is 0.508 e. The molecule has 2 rings (SSSR count). The molecule has 17 heavy (non-hydrogen) atoms. The number of hydrogen-bond donors (Lipinski definition) is 3. The lowest BCUT2D eigenvalue weighted by atomic mass is 10.1. The molecule has 0 radical (unpaired) electrons. The van der Waals surface area contributed by atoms with Crippen LogP contribution in [-0.2, 0) is 0 Å². The summed E-state index contributed by atoms with van der Waals surface area (Å²) in [7, 11) is 0. The van der Waals surface area contributed by atoms with Crippen LogP contribution in [0.5, 0.6) is 11.5 Å². The molecule has 0 aromatic heterocycles. The molecule has 1 amide bonds. The fourth-order valence-corrected chi connectivity index (χ4v) is 2.94. The second kappa shape index (κ2) is 5.31. The van der Waals surface area contributed by atoms with Crippen LogP contribution < -0.4 is 5.32 Å². The van der Waals surface area contributed by atoms with E-state index in [9.17, 15) is 15.0 Å². The predicted octanol–water partition coefficient (Wildman–Crippen LogP) is 1.72. The monoisotopic (exact) mass is 253 g/mol. The molecular weight excluding hydrogens is 238 g/mol. The predicted molar refractivity (Wildman–Crippen MR) is 67.6 cm³/mol. The summed E-state index contributed by atoms with van der Waals surface area (Å²) in [5, 5.41) is 21.5. The van der Waals surface area contributed by atoms with Gasteiger partial charge in [0.1, 0.15) is 11.5 Å². The highest BCUT2D eigenvalue weighted by Gasteiger charge is 2.17. The molecule has 0 atom stereocenters. The first-order valence-electron chi connectivity index (χ1n) is 5.57. The molecule has 1 aromatic rings. The molecule has 1 aliphatic heterocycles. The molecule has 1 aliphatic rings. The number of carbonyl (C=O) groups is 1. The SMILES string of the molecule is O=C(NC1CCSCC1)c1cc(O)cc(O)c1. The van der Waals surface area contributed by atoms with Gasteiger partial charge >= 0.3 is 0 Å². The van der Waals surface area contributed by atoms with Crippen molar-refractivity contribution in [1.29, 1.82) is 0 Å². The lowest BCUT2D eigenvalue weighted by Gasteiger charge is -2.22. The van der Waals surface area contributed by atoms with E-state index in [4.69, 9.17) is 0 Å². The van der Waals surface area contributed by atoms with Crippen molar-refractivity contribution in [2.75, 3.05) is 11.5 Å². The van der Waals surface area contributed by atoms with Gasteiger partial charge in [0.05, 0.1) is 0 Å². The number of amides is 1. The number of rotatable bonds is 2. The number of benzene rings is 1. The highest BCUT2D eigenvalue weighted by Crippen LogP contribution is 2.21. The lowest BCUT2D eigenvalue weighted by molar-refractivity contribution is 0.0934. The zero-order valence-corrected chi connectivity index (χ0v) is 10.2. The molecule has 0 unspecified atom stereocenters. The van der Waals surface area contributed by atoms with Crippen molar-refractivity contribution in [2.24, 2.45) is 0 Å². The Hall–Kier alpha value is -1.36. The van der Waals surface area contributed by atoms with Crippen LogP contribution in [0.2, 0.25) is 0 Å². The van der Waals surface area contributed by atoms with Crippen molar-refractivity contribution in [3.63, 3.8) is 0 Å². The van der Waals surface area contributed by atoms with Gasteiger partial charge in [0, 0.05) is 17.7 Å². The third-order valence-electron chi connectivity index (χ3n) is 2.72. The maximum absolute atomic E-state index is 11.9. The molecule has 1 aromatic carbocycles. The van der Waals surface area contributed by atoms with Gasteiger partial charge in [0.25, 0.3) is 5.91 Å². The van der Waals surface area contributed by atoms with Crippen molar-refractivity contribution in [3.05, 3.63) is 23.8 Å². The summed E-state index contributed by atoms with van der Waals surface area (Å²) in [6.45, 7) is 0. The molecule has 0 spiro atoms. The Balaban J connectivity index is 2.03. The van der Waals surface area contributed by atoms with Gasteiger partial charge in [-0.05, 0) is 36.5 Å². The van der Waals surface area contributed by atoms with E-state index >= 15 is 0 Å². The molecular formula is C12H15NO3S. The molecule has 0 aliphatic carbocycles. The van der Waals surface area contributed by atoms with Gasteiger partial charge in [0.15, 0.2) is 0 Å². The second-order valence-corrected chi connectivity index (χ2v) is 5.32. The highest BCUT2D eigenvalue weighted by molar-refractivity contribution is 7.99. The number of phenols is 2. The van der Waals surface area contributed by atoms with E-state index in [1.807, 2.05) is 11.8 Å². The number of nitrogens with one attached hydrogen (secondary N) is 1. The summed E-state index contributed by atoms with van der Waals surface area (Å²) in [5.41, 5.74) is 0.292. The van der Waals surface area contributed by atoms with Crippen LogP contribution in [0, 0.1) is 0 Å². The van der Waals surface area contributed by atoms with Gasteiger partial charge < -0.3 is 15.5 Å². The minimum atomic E-state index is -0.242. The standard InChI is InChI=1S/C12H15NO3S/c14-10-5-8(6-11(15)7-10)12(16)13-9-1-3-17-4-2-9/h5-7,9,14-15H,1-4H2,(H,13,16). The molecule has 0 bridgehead atoms. The van der Waals surface area contributed by atoms with Gasteiger partial charge in [-0.15, -0.1) is 0 Å². The van der Waals surface area contributed by atoms with E-state index in [2.05, 4.69) is 5.32 Å². The first-order valence-corrected chi connectivity index (χ1v) is 6.72. The third kappa shape index (κ3) is 3.30. The summed E-state index contributed by atoms with van der Waals surface area (Å²) in [6, 6.07) is 4.11. The number of phenolic OH excluding ortho intramolecular Hbond substituents is 2. The third-order valence-corrected chi connectivity index (χ3v) is 3.77. The quantitative estimate of drug-likeness (QED) is 0.750. The van der Waals surface area contributed by atoms with Gasteiger partial charge in [-0.2, -0.15) is 11.8 Å². The van der Waals surface area contributed by atoms with E-state index in [0.29, 0.717) is 5.56 Å². The van der Waals surface area contributed by atoms with E-state index in [1.54, 1.807) is 0 Å². The Labute approximate surface area is 104 Å². The maximum atomic E-state index is 11.9. The minimum absolute atomic E-state index is 0.102. The van der Waals surface area contributed by atoms with Crippen molar-refractivity contribution in [1.82, 2.24) is 5.32 Å². The summed E-state index contributed by atoms with van der Waals surface area (Å²) in [4.78, 5) is 11.9. The fourth-order valence-electron chi connectivity index (χ4n) is 1.84. The van der Waals surface area contributed by atoms with Crippen molar-refractivity contribution < 1.29 is 15.0 Å². The highest BCUT2D eigenvalue weighted by atomic mass is 32.2. The van der Waals surface area contributed by atoms with E-state index in [-0.39, 0.29) is 23.4 Å². The average molecular weight is 253 g/mol. The van der Waals surface area contributed by atoms with Gasteiger partial charge in [-0.1, -0.05) is 0 Å². The molecule has 4 nitrogen and oxygen atoms in total. The lowest BCUT2D eigenvalue weighted by Crippen LogP contribution is -2.37. The van der Waals surface area contributed by atoms with E-state index in [0.717, 1.165) is 24.3 Å². The summed E-state index contributed by atoms with van der Waals surface area (Å²) < 4.78 is 0. The van der Waals surface area contributed by atoms with E-state index in [1.165, 1.54) is 18.2 Å². The van der Waals surface area contributed by atoms with Crippen LogP contribution in [-0.4, -0.2) is 33.7 Å². The number of carbonyl (C=O) groups excluding carboxylic acids is 1. The Morgan fingerprint density at radius 2 is 1.76 bits per heavy atom. The van der Waals surface area contributed by atoms with Gasteiger partial charge in [0.2, 0.25) is 0 Å². The maximum Gasteiger partial charge on any atom is 0.251 e. The average Bonchev–Trinajstić information content (AvgIpc) is 2.29. The van der Waals surface area contributed by atoms with Gasteiger partial charge in [-0.3, -0.25) is 4.79 Å². The van der Waals surface area contributed by atoms with Crippen molar-refractivity contribution >= 4 is 17.7 Å². The van der Waals surface area contributed by atoms with Crippen molar-refractivity contribution in [3.8, 4) is 11.5 Å². The number of aromatic hydroxyl groups is 2. The van der Waals surface area contributed by atoms with Crippen LogP contribution >= 0.6 is 11.8 Å². The molecule has 0 saturated carbocycles. The molecule has 3 N–H and O–H groups in total. The van der Waals surface area contributed by atoms with Gasteiger partial charge in [-0.25, -0.2) is 0 Å². The zero-order chi connectivity index (χ0) is 12.3. The minimum Gasteiger partial charge on any atom is -0.508 e. The van der Waals surface area contributed by atoms with Crippen LogP contribution in [0.3, 0.4) is 0 Å².